The third-order valence-corrected chi connectivity index (χ3v) is 3.18. The molecule has 0 saturated carbocycles. The highest BCUT2D eigenvalue weighted by Gasteiger charge is 2.15. The van der Waals surface area contributed by atoms with Crippen LogP contribution < -0.4 is 0 Å². The lowest BCUT2D eigenvalue weighted by molar-refractivity contribution is 0.0596. The molecule has 0 aliphatic heterocycles. The Kier molecular flexibility index (Phi) is 2.67. The number of hydrogen-bond donors (Lipinski definition) is 1. The van der Waals surface area contributed by atoms with Gasteiger partial charge in [0.05, 0.1) is 17.6 Å². The van der Waals surface area contributed by atoms with E-state index in [1.165, 1.54) is 7.11 Å². The molecule has 4 nitrogen and oxygen atoms in total. The Labute approximate surface area is 98.7 Å². The summed E-state index contributed by atoms with van der Waals surface area (Å²) < 4.78 is 5.31. The second-order valence-corrected chi connectivity index (χ2v) is 4.14. The quantitative estimate of drug-likeness (QED) is 0.821. The number of aromatic amines is 1. The number of carbonyl (C=O) groups is 1. The van der Waals surface area contributed by atoms with E-state index in [4.69, 9.17) is 11.6 Å². The van der Waals surface area contributed by atoms with Crippen molar-refractivity contribution in [2.24, 2.45) is 0 Å². The number of aromatic nitrogens is 2. The second kappa shape index (κ2) is 3.83. The minimum absolute atomic E-state index is 0.255. The molecule has 0 spiro atoms. The van der Waals surface area contributed by atoms with Crippen molar-refractivity contribution < 1.29 is 9.53 Å². The number of fused-ring (bicyclic) bond motifs is 1. The number of carbonyl (C=O) groups excluding carboxylic acids is 1. The number of ether oxygens (including phenoxy) is 1. The van der Waals surface area contributed by atoms with E-state index in [0.717, 1.165) is 0 Å². The standard InChI is InChI=1S/C9H6BrClN2O2/c1-15-9(14)8-4-2-5(10)6(11)3-7(4)12-13-8/h2-3H,1H3,(H,12,13). The predicted molar refractivity (Wildman–Crippen MR) is 60.1 cm³/mol. The Hall–Kier alpha value is -1.07. The van der Waals surface area contributed by atoms with E-state index in [-0.39, 0.29) is 5.69 Å². The minimum atomic E-state index is -0.476. The molecule has 0 saturated heterocycles. The molecule has 1 N–H and O–H groups in total. The zero-order valence-electron chi connectivity index (χ0n) is 7.67. The molecule has 0 fully saturated rings. The van der Waals surface area contributed by atoms with Crippen LogP contribution in [0.3, 0.4) is 0 Å². The van der Waals surface area contributed by atoms with E-state index in [2.05, 4.69) is 30.9 Å². The van der Waals surface area contributed by atoms with Crippen LogP contribution in [0.1, 0.15) is 10.5 Å². The fourth-order valence-electron chi connectivity index (χ4n) is 1.26. The normalized spacial score (nSPS) is 10.6. The average molecular weight is 290 g/mol. The monoisotopic (exact) mass is 288 g/mol. The topological polar surface area (TPSA) is 55.0 Å². The number of nitrogens with zero attached hydrogens (tertiary/aromatic N) is 1. The first kappa shape index (κ1) is 10.4. The largest absolute Gasteiger partial charge is 0.464 e. The molecule has 0 atom stereocenters. The van der Waals surface area contributed by atoms with Crippen molar-refractivity contribution in [3.05, 3.63) is 27.3 Å². The number of hydrogen-bond acceptors (Lipinski definition) is 3. The van der Waals surface area contributed by atoms with Gasteiger partial charge in [-0.3, -0.25) is 5.10 Å². The summed E-state index contributed by atoms with van der Waals surface area (Å²) in [7, 11) is 1.31. The molecule has 1 aromatic carbocycles. The van der Waals surface area contributed by atoms with Gasteiger partial charge in [-0.1, -0.05) is 11.6 Å². The Morgan fingerprint density at radius 2 is 2.33 bits per heavy atom. The molecule has 15 heavy (non-hydrogen) atoms. The molecular formula is C9H6BrClN2O2. The SMILES string of the molecule is COC(=O)c1n[nH]c2cc(Cl)c(Br)cc12. The second-order valence-electron chi connectivity index (χ2n) is 2.88. The van der Waals surface area contributed by atoms with E-state index in [1.54, 1.807) is 12.1 Å². The van der Waals surface area contributed by atoms with Crippen molar-refractivity contribution >= 4 is 44.4 Å². The van der Waals surface area contributed by atoms with Gasteiger partial charge in [-0.25, -0.2) is 4.79 Å². The summed E-state index contributed by atoms with van der Waals surface area (Å²) in [5, 5.41) is 7.82. The fraction of sp³-hybridized carbons (Fsp3) is 0.111. The summed E-state index contributed by atoms with van der Waals surface area (Å²) in [5.74, 6) is -0.476. The maximum atomic E-state index is 11.3. The van der Waals surface area contributed by atoms with Gasteiger partial charge in [0.2, 0.25) is 0 Å². The van der Waals surface area contributed by atoms with Crippen molar-refractivity contribution in [3.8, 4) is 0 Å². The molecule has 0 aliphatic carbocycles. The Morgan fingerprint density at radius 3 is 3.00 bits per heavy atom. The lowest BCUT2D eigenvalue weighted by Crippen LogP contribution is -2.01. The summed E-state index contributed by atoms with van der Waals surface area (Å²) in [5.41, 5.74) is 0.952. The highest BCUT2D eigenvalue weighted by atomic mass is 79.9. The lowest BCUT2D eigenvalue weighted by Gasteiger charge is -1.97. The molecule has 2 rings (SSSR count). The molecule has 0 unspecified atom stereocenters. The Morgan fingerprint density at radius 1 is 1.60 bits per heavy atom. The van der Waals surface area contributed by atoms with Crippen LogP contribution in [0.2, 0.25) is 5.02 Å². The number of rotatable bonds is 1. The maximum Gasteiger partial charge on any atom is 0.359 e. The van der Waals surface area contributed by atoms with E-state index < -0.39 is 5.97 Å². The molecule has 0 bridgehead atoms. The van der Waals surface area contributed by atoms with Gasteiger partial charge in [0.15, 0.2) is 5.69 Å². The van der Waals surface area contributed by atoms with Gasteiger partial charge >= 0.3 is 5.97 Å². The van der Waals surface area contributed by atoms with Crippen LogP contribution in [0.15, 0.2) is 16.6 Å². The van der Waals surface area contributed by atoms with Gasteiger partial charge in [0.25, 0.3) is 0 Å². The van der Waals surface area contributed by atoms with Crippen LogP contribution in [-0.4, -0.2) is 23.3 Å². The molecule has 2 aromatic rings. The third-order valence-electron chi connectivity index (χ3n) is 1.98. The van der Waals surface area contributed by atoms with Crippen LogP contribution in [0, 0.1) is 0 Å². The number of halogens is 2. The van der Waals surface area contributed by atoms with Gasteiger partial charge < -0.3 is 4.74 Å². The number of H-pyrrole nitrogens is 1. The zero-order valence-corrected chi connectivity index (χ0v) is 10.0. The average Bonchev–Trinajstić information content (AvgIpc) is 2.61. The van der Waals surface area contributed by atoms with E-state index in [1.807, 2.05) is 0 Å². The first-order valence-electron chi connectivity index (χ1n) is 4.05. The number of nitrogens with one attached hydrogen (secondary N) is 1. The summed E-state index contributed by atoms with van der Waals surface area (Å²) in [6, 6.07) is 3.42. The number of esters is 1. The van der Waals surface area contributed by atoms with Crippen LogP contribution in [0.5, 0.6) is 0 Å². The van der Waals surface area contributed by atoms with E-state index in [0.29, 0.717) is 20.4 Å². The third kappa shape index (κ3) is 1.72. The molecular weight excluding hydrogens is 283 g/mol. The van der Waals surface area contributed by atoms with Crippen molar-refractivity contribution in [2.45, 2.75) is 0 Å². The summed E-state index contributed by atoms with van der Waals surface area (Å²) in [6.07, 6.45) is 0. The van der Waals surface area contributed by atoms with Crippen LogP contribution in [0.25, 0.3) is 10.9 Å². The molecule has 1 aromatic heterocycles. The molecule has 0 aliphatic rings. The van der Waals surface area contributed by atoms with Crippen LogP contribution in [-0.2, 0) is 4.74 Å². The molecule has 0 amide bonds. The van der Waals surface area contributed by atoms with Gasteiger partial charge in [-0.15, -0.1) is 0 Å². The van der Waals surface area contributed by atoms with Gasteiger partial charge in [0, 0.05) is 9.86 Å². The number of benzene rings is 1. The van der Waals surface area contributed by atoms with Crippen molar-refractivity contribution in [1.29, 1.82) is 0 Å². The van der Waals surface area contributed by atoms with E-state index in [9.17, 15) is 4.79 Å². The zero-order chi connectivity index (χ0) is 11.0. The van der Waals surface area contributed by atoms with Gasteiger partial charge in [0.1, 0.15) is 0 Å². The highest BCUT2D eigenvalue weighted by molar-refractivity contribution is 9.10. The lowest BCUT2D eigenvalue weighted by atomic mass is 10.2. The minimum Gasteiger partial charge on any atom is -0.464 e. The first-order valence-corrected chi connectivity index (χ1v) is 5.22. The number of methoxy groups -OCH3 is 1. The van der Waals surface area contributed by atoms with E-state index >= 15 is 0 Å². The van der Waals surface area contributed by atoms with Crippen LogP contribution in [0.4, 0.5) is 0 Å². The summed E-state index contributed by atoms with van der Waals surface area (Å²) >= 11 is 9.18. The summed E-state index contributed by atoms with van der Waals surface area (Å²) in [4.78, 5) is 11.3. The molecule has 0 radical (unpaired) electrons. The predicted octanol–water partition coefficient (Wildman–Crippen LogP) is 2.77. The van der Waals surface area contributed by atoms with Gasteiger partial charge in [-0.05, 0) is 28.1 Å². The fourth-order valence-corrected chi connectivity index (χ4v) is 1.77. The first-order chi connectivity index (χ1) is 7.13. The Balaban J connectivity index is 2.69. The van der Waals surface area contributed by atoms with Crippen molar-refractivity contribution in [3.63, 3.8) is 0 Å². The smallest absolute Gasteiger partial charge is 0.359 e. The molecule has 6 heteroatoms. The molecule has 78 valence electrons. The molecule has 1 heterocycles. The Bertz CT molecular complexity index is 538. The van der Waals surface area contributed by atoms with Gasteiger partial charge in [-0.2, -0.15) is 5.10 Å². The van der Waals surface area contributed by atoms with Crippen molar-refractivity contribution in [2.75, 3.05) is 7.11 Å². The highest BCUT2D eigenvalue weighted by Crippen LogP contribution is 2.28. The van der Waals surface area contributed by atoms with Crippen LogP contribution >= 0.6 is 27.5 Å². The van der Waals surface area contributed by atoms with Crippen molar-refractivity contribution in [1.82, 2.24) is 10.2 Å². The maximum absolute atomic E-state index is 11.3. The summed E-state index contributed by atoms with van der Waals surface area (Å²) in [6.45, 7) is 0.